The fourth-order valence-electron chi connectivity index (χ4n) is 2.31. The number of para-hydroxylation sites is 1. The summed E-state index contributed by atoms with van der Waals surface area (Å²) in [4.78, 5) is 28.5. The molecule has 1 amide bonds. The van der Waals surface area contributed by atoms with E-state index in [1.165, 1.54) is 23.5 Å². The average Bonchev–Trinajstić information content (AvgIpc) is 3.08. The summed E-state index contributed by atoms with van der Waals surface area (Å²) >= 11 is 7.46. The molecule has 0 fully saturated rings. The van der Waals surface area contributed by atoms with Crippen LogP contribution in [0.1, 0.15) is 15.9 Å². The smallest absolute Gasteiger partial charge is 0.342 e. The topological polar surface area (TPSA) is 80.9 Å². The Bertz CT molecular complexity index is 1040. The standard InChI is InChI=1S/C19H15ClN2O4S/c20-15-7-3-1-5-13(15)11-22-9-10-27-19(22)21-17(24)12-26-18(25)14-6-2-4-8-16(14)23/h1-10,23H,11-12H2. The van der Waals surface area contributed by atoms with E-state index in [2.05, 4.69) is 4.99 Å². The SMILES string of the molecule is O=C(COC(=O)c1ccccc1O)N=c1sccn1Cc1ccccc1Cl. The van der Waals surface area contributed by atoms with Crippen molar-refractivity contribution in [1.82, 2.24) is 4.57 Å². The number of thiazole rings is 1. The first kappa shape index (κ1) is 18.9. The number of ether oxygens (including phenoxy) is 1. The second-order valence-electron chi connectivity index (χ2n) is 5.50. The van der Waals surface area contributed by atoms with Gasteiger partial charge in [0.1, 0.15) is 11.3 Å². The van der Waals surface area contributed by atoms with Gasteiger partial charge in [0.15, 0.2) is 11.4 Å². The van der Waals surface area contributed by atoms with Crippen LogP contribution < -0.4 is 4.80 Å². The van der Waals surface area contributed by atoms with Gasteiger partial charge in [-0.3, -0.25) is 4.79 Å². The Balaban J connectivity index is 1.68. The monoisotopic (exact) mass is 402 g/mol. The normalized spacial score (nSPS) is 11.4. The third kappa shape index (κ3) is 4.84. The molecule has 0 aliphatic heterocycles. The van der Waals surface area contributed by atoms with Gasteiger partial charge in [0.2, 0.25) is 0 Å². The number of aromatic hydroxyl groups is 1. The lowest BCUT2D eigenvalue weighted by Crippen LogP contribution is -2.20. The van der Waals surface area contributed by atoms with E-state index in [1.54, 1.807) is 34.3 Å². The third-order valence-electron chi connectivity index (χ3n) is 3.63. The Hall–Kier alpha value is -2.90. The van der Waals surface area contributed by atoms with E-state index in [0.717, 1.165) is 5.56 Å². The highest BCUT2D eigenvalue weighted by Gasteiger charge is 2.13. The van der Waals surface area contributed by atoms with Crippen molar-refractivity contribution in [3.05, 3.63) is 81.1 Å². The highest BCUT2D eigenvalue weighted by atomic mass is 35.5. The molecule has 0 spiro atoms. The molecule has 0 unspecified atom stereocenters. The number of hydrogen-bond acceptors (Lipinski definition) is 5. The van der Waals surface area contributed by atoms with Crippen LogP contribution in [0.3, 0.4) is 0 Å². The van der Waals surface area contributed by atoms with Gasteiger partial charge in [-0.15, -0.1) is 11.3 Å². The molecule has 3 aromatic rings. The first-order valence-corrected chi connectivity index (χ1v) is 9.20. The molecule has 1 heterocycles. The Labute approximate surface area is 164 Å². The summed E-state index contributed by atoms with van der Waals surface area (Å²) in [6, 6.07) is 13.4. The van der Waals surface area contributed by atoms with Crippen molar-refractivity contribution < 1.29 is 19.4 Å². The van der Waals surface area contributed by atoms with E-state index in [-0.39, 0.29) is 11.3 Å². The Morgan fingerprint density at radius 3 is 2.67 bits per heavy atom. The highest BCUT2D eigenvalue weighted by molar-refractivity contribution is 7.07. The van der Waals surface area contributed by atoms with Crippen molar-refractivity contribution in [3.8, 4) is 5.75 Å². The minimum atomic E-state index is -0.785. The molecular formula is C19H15ClN2O4S. The lowest BCUT2D eigenvalue weighted by atomic mass is 10.2. The highest BCUT2D eigenvalue weighted by Crippen LogP contribution is 2.17. The van der Waals surface area contributed by atoms with Crippen molar-refractivity contribution in [2.45, 2.75) is 6.54 Å². The zero-order valence-corrected chi connectivity index (χ0v) is 15.6. The molecule has 0 radical (unpaired) electrons. The third-order valence-corrected chi connectivity index (χ3v) is 4.79. The molecule has 27 heavy (non-hydrogen) atoms. The lowest BCUT2D eigenvalue weighted by Gasteiger charge is -2.06. The number of halogens is 1. The number of aromatic nitrogens is 1. The Morgan fingerprint density at radius 1 is 1.15 bits per heavy atom. The molecule has 138 valence electrons. The maximum absolute atomic E-state index is 12.1. The minimum Gasteiger partial charge on any atom is -0.507 e. The second kappa shape index (κ2) is 8.66. The van der Waals surface area contributed by atoms with Crippen molar-refractivity contribution in [2.75, 3.05) is 6.61 Å². The molecule has 1 N–H and O–H groups in total. The van der Waals surface area contributed by atoms with Crippen LogP contribution in [-0.4, -0.2) is 28.2 Å². The van der Waals surface area contributed by atoms with Crippen LogP contribution in [0.25, 0.3) is 0 Å². The van der Waals surface area contributed by atoms with Crippen LogP contribution in [0.2, 0.25) is 5.02 Å². The molecule has 8 heteroatoms. The molecule has 2 aromatic carbocycles. The van der Waals surface area contributed by atoms with Gasteiger partial charge in [-0.25, -0.2) is 4.79 Å². The quantitative estimate of drug-likeness (QED) is 0.664. The number of nitrogens with zero attached hydrogens (tertiary/aromatic N) is 2. The minimum absolute atomic E-state index is 0.00444. The van der Waals surface area contributed by atoms with E-state index < -0.39 is 18.5 Å². The van der Waals surface area contributed by atoms with Gasteiger partial charge in [-0.2, -0.15) is 4.99 Å². The zero-order chi connectivity index (χ0) is 19.2. The Kier molecular flexibility index (Phi) is 6.05. The van der Waals surface area contributed by atoms with Crippen LogP contribution in [0, 0.1) is 0 Å². The summed E-state index contributed by atoms with van der Waals surface area (Å²) in [5.74, 6) is -1.59. The number of carbonyl (C=O) groups is 2. The fourth-order valence-corrected chi connectivity index (χ4v) is 3.25. The molecule has 0 aliphatic carbocycles. The molecular weight excluding hydrogens is 388 g/mol. The van der Waals surface area contributed by atoms with Gasteiger partial charge in [-0.1, -0.05) is 41.9 Å². The van der Waals surface area contributed by atoms with Gasteiger partial charge < -0.3 is 14.4 Å². The van der Waals surface area contributed by atoms with Crippen molar-refractivity contribution in [2.24, 2.45) is 4.99 Å². The zero-order valence-electron chi connectivity index (χ0n) is 14.0. The number of carbonyl (C=O) groups excluding carboxylic acids is 2. The van der Waals surface area contributed by atoms with E-state index in [4.69, 9.17) is 16.3 Å². The number of esters is 1. The van der Waals surface area contributed by atoms with E-state index in [9.17, 15) is 14.7 Å². The summed E-state index contributed by atoms with van der Waals surface area (Å²) in [5, 5.41) is 12.1. The van der Waals surface area contributed by atoms with Crippen molar-refractivity contribution >= 4 is 34.8 Å². The van der Waals surface area contributed by atoms with Gasteiger partial charge >= 0.3 is 5.97 Å². The lowest BCUT2D eigenvalue weighted by molar-refractivity contribution is -0.121. The molecule has 6 nitrogen and oxygen atoms in total. The van der Waals surface area contributed by atoms with Crippen molar-refractivity contribution in [1.29, 1.82) is 0 Å². The van der Waals surface area contributed by atoms with Crippen LogP contribution in [0.4, 0.5) is 0 Å². The molecule has 0 atom stereocenters. The molecule has 0 aliphatic rings. The van der Waals surface area contributed by atoms with E-state index >= 15 is 0 Å². The average molecular weight is 403 g/mol. The fraction of sp³-hybridized carbons (Fsp3) is 0.105. The summed E-state index contributed by atoms with van der Waals surface area (Å²) in [7, 11) is 0. The van der Waals surface area contributed by atoms with Crippen molar-refractivity contribution in [3.63, 3.8) is 0 Å². The van der Waals surface area contributed by atoms with Gasteiger partial charge in [0.25, 0.3) is 5.91 Å². The number of hydrogen-bond donors (Lipinski definition) is 1. The first-order chi connectivity index (χ1) is 13.0. The summed E-state index contributed by atoms with van der Waals surface area (Å²) in [5.41, 5.74) is 0.896. The summed E-state index contributed by atoms with van der Waals surface area (Å²) < 4.78 is 6.72. The van der Waals surface area contributed by atoms with Crippen LogP contribution >= 0.6 is 22.9 Å². The second-order valence-corrected chi connectivity index (χ2v) is 6.78. The number of phenols is 1. The van der Waals surface area contributed by atoms with E-state index in [1.807, 2.05) is 18.2 Å². The van der Waals surface area contributed by atoms with E-state index in [0.29, 0.717) is 16.4 Å². The number of rotatable bonds is 5. The molecule has 1 aromatic heterocycles. The van der Waals surface area contributed by atoms with Gasteiger partial charge in [0.05, 0.1) is 6.54 Å². The number of benzene rings is 2. The predicted molar refractivity (Wildman–Crippen MR) is 102 cm³/mol. The largest absolute Gasteiger partial charge is 0.507 e. The number of phenolic OH excluding ortho intramolecular Hbond substituents is 1. The molecule has 3 rings (SSSR count). The maximum Gasteiger partial charge on any atom is 0.342 e. The molecule has 0 saturated heterocycles. The van der Waals surface area contributed by atoms with Crippen LogP contribution in [0.15, 0.2) is 65.1 Å². The predicted octanol–water partition coefficient (Wildman–Crippen LogP) is 3.24. The summed E-state index contributed by atoms with van der Waals surface area (Å²) in [6.45, 7) is -0.0515. The maximum atomic E-state index is 12.1. The number of amides is 1. The van der Waals surface area contributed by atoms with Gasteiger partial charge in [-0.05, 0) is 23.8 Å². The Morgan fingerprint density at radius 2 is 1.89 bits per heavy atom. The molecule has 0 bridgehead atoms. The van der Waals surface area contributed by atoms with Gasteiger partial charge in [0, 0.05) is 16.6 Å². The molecule has 0 saturated carbocycles. The van der Waals surface area contributed by atoms with Crippen LogP contribution in [-0.2, 0) is 16.1 Å². The summed E-state index contributed by atoms with van der Waals surface area (Å²) in [6.07, 6.45) is 1.80. The van der Waals surface area contributed by atoms with Crippen LogP contribution in [0.5, 0.6) is 5.75 Å². The first-order valence-electron chi connectivity index (χ1n) is 7.94.